The first-order valence-corrected chi connectivity index (χ1v) is 7.11. The summed E-state index contributed by atoms with van der Waals surface area (Å²) in [5.74, 6) is -0.156. The molecule has 2 aromatic rings. The van der Waals surface area contributed by atoms with Crippen LogP contribution in [-0.4, -0.2) is 12.5 Å². The molecule has 23 heavy (non-hydrogen) atoms. The van der Waals surface area contributed by atoms with Crippen LogP contribution >= 0.6 is 11.6 Å². The zero-order valence-electron chi connectivity index (χ0n) is 11.7. The van der Waals surface area contributed by atoms with E-state index in [1.54, 1.807) is 24.3 Å². The Labute approximate surface area is 135 Å². The summed E-state index contributed by atoms with van der Waals surface area (Å²) in [6, 6.07) is 9.91. The molecule has 0 aliphatic carbocycles. The van der Waals surface area contributed by atoms with Crippen molar-refractivity contribution in [3.63, 3.8) is 0 Å². The number of amides is 1. The third kappa shape index (κ3) is 3.27. The Hall–Kier alpha value is -2.21. The molecule has 1 aliphatic heterocycles. The van der Waals surface area contributed by atoms with Crippen molar-refractivity contribution in [2.24, 2.45) is 0 Å². The Kier molecular flexibility index (Phi) is 3.93. The van der Waals surface area contributed by atoms with Crippen LogP contribution in [0.5, 0.6) is 5.75 Å². The second-order valence-electron chi connectivity index (χ2n) is 5.08. The fraction of sp³-hybridized carbons (Fsp3) is 0.188. The predicted octanol–water partition coefficient (Wildman–Crippen LogP) is 4.28. The van der Waals surface area contributed by atoms with Gasteiger partial charge in [-0.2, -0.15) is 13.2 Å². The van der Waals surface area contributed by atoms with Gasteiger partial charge in [-0.1, -0.05) is 23.7 Å². The van der Waals surface area contributed by atoms with Gasteiger partial charge in [-0.05, 0) is 35.9 Å². The van der Waals surface area contributed by atoms with E-state index in [-0.39, 0.29) is 24.6 Å². The minimum absolute atomic E-state index is 0.107. The minimum atomic E-state index is -4.49. The third-order valence-corrected chi connectivity index (χ3v) is 3.69. The van der Waals surface area contributed by atoms with E-state index in [0.717, 1.165) is 17.7 Å². The average molecular weight is 342 g/mol. The summed E-state index contributed by atoms with van der Waals surface area (Å²) in [5, 5.41) is 0.493. The van der Waals surface area contributed by atoms with Crippen LogP contribution < -0.4 is 9.64 Å². The number of nitrogens with zero attached hydrogens (tertiary/aromatic N) is 1. The number of benzene rings is 2. The van der Waals surface area contributed by atoms with E-state index in [0.29, 0.717) is 5.02 Å². The van der Waals surface area contributed by atoms with Crippen LogP contribution in [0.2, 0.25) is 5.02 Å². The molecule has 0 aromatic heterocycles. The molecule has 1 amide bonds. The van der Waals surface area contributed by atoms with Crippen LogP contribution in [0.25, 0.3) is 0 Å². The van der Waals surface area contributed by atoms with Crippen molar-refractivity contribution in [3.05, 3.63) is 58.6 Å². The van der Waals surface area contributed by atoms with Gasteiger partial charge in [-0.3, -0.25) is 4.79 Å². The topological polar surface area (TPSA) is 29.5 Å². The molecule has 0 radical (unpaired) electrons. The largest absolute Gasteiger partial charge is 0.482 e. The van der Waals surface area contributed by atoms with Crippen molar-refractivity contribution in [1.29, 1.82) is 0 Å². The summed E-state index contributed by atoms with van der Waals surface area (Å²) < 4.78 is 43.9. The van der Waals surface area contributed by atoms with Gasteiger partial charge in [-0.25, -0.2) is 0 Å². The summed E-state index contributed by atoms with van der Waals surface area (Å²) >= 11 is 5.91. The molecule has 0 unspecified atom stereocenters. The smallest absolute Gasteiger partial charge is 0.416 e. The number of ether oxygens (including phenoxy) is 1. The van der Waals surface area contributed by atoms with Crippen molar-refractivity contribution in [2.75, 3.05) is 11.5 Å². The van der Waals surface area contributed by atoms with Gasteiger partial charge >= 0.3 is 6.18 Å². The third-order valence-electron chi connectivity index (χ3n) is 3.46. The van der Waals surface area contributed by atoms with Gasteiger partial charge < -0.3 is 9.64 Å². The minimum Gasteiger partial charge on any atom is -0.482 e. The Morgan fingerprint density at radius 2 is 1.96 bits per heavy atom. The number of carbonyl (C=O) groups is 1. The van der Waals surface area contributed by atoms with E-state index >= 15 is 0 Å². The van der Waals surface area contributed by atoms with Gasteiger partial charge in [0, 0.05) is 5.02 Å². The van der Waals surface area contributed by atoms with E-state index in [4.69, 9.17) is 16.3 Å². The summed E-state index contributed by atoms with van der Waals surface area (Å²) in [6.45, 7) is -0.0873. The maximum Gasteiger partial charge on any atom is 0.416 e. The standard InChI is InChI=1S/C16H11ClF3NO2/c17-12-3-1-2-10(6-12)8-21-13-7-11(16(18,19)20)4-5-14(13)23-9-15(21)22/h1-7H,8-9H2. The molecule has 0 bridgehead atoms. The van der Waals surface area contributed by atoms with Crippen LogP contribution in [0, 0.1) is 0 Å². The molecule has 3 rings (SSSR count). The molecular formula is C16H11ClF3NO2. The summed E-state index contributed by atoms with van der Waals surface area (Å²) in [6.07, 6.45) is -4.49. The normalized spacial score (nSPS) is 14.4. The van der Waals surface area contributed by atoms with Crippen LogP contribution in [0.1, 0.15) is 11.1 Å². The molecule has 7 heteroatoms. The monoisotopic (exact) mass is 341 g/mol. The molecule has 1 aliphatic rings. The van der Waals surface area contributed by atoms with Gasteiger partial charge in [0.05, 0.1) is 17.8 Å². The van der Waals surface area contributed by atoms with Gasteiger partial charge in [0.15, 0.2) is 6.61 Å². The number of hydrogen-bond donors (Lipinski definition) is 0. The number of hydrogen-bond acceptors (Lipinski definition) is 2. The lowest BCUT2D eigenvalue weighted by atomic mass is 10.1. The number of alkyl halides is 3. The number of carbonyl (C=O) groups excluding carboxylic acids is 1. The van der Waals surface area contributed by atoms with Crippen molar-refractivity contribution in [3.8, 4) is 5.75 Å². The van der Waals surface area contributed by atoms with Gasteiger partial charge in [0.25, 0.3) is 5.91 Å². The molecule has 0 atom stereocenters. The highest BCUT2D eigenvalue weighted by Gasteiger charge is 2.34. The fourth-order valence-corrected chi connectivity index (χ4v) is 2.58. The fourth-order valence-electron chi connectivity index (χ4n) is 2.37. The molecular weight excluding hydrogens is 331 g/mol. The van der Waals surface area contributed by atoms with Crippen molar-refractivity contribution in [2.45, 2.75) is 12.7 Å². The Morgan fingerprint density at radius 1 is 1.17 bits per heavy atom. The van der Waals surface area contributed by atoms with E-state index in [1.807, 2.05) is 0 Å². The Morgan fingerprint density at radius 3 is 2.65 bits per heavy atom. The molecule has 120 valence electrons. The first-order chi connectivity index (χ1) is 10.8. The summed E-state index contributed by atoms with van der Waals surface area (Å²) in [5.41, 5.74) is -0.00203. The van der Waals surface area contributed by atoms with Gasteiger partial charge in [0.1, 0.15) is 5.75 Å². The molecule has 0 fully saturated rings. The second-order valence-corrected chi connectivity index (χ2v) is 5.52. The maximum atomic E-state index is 12.9. The lowest BCUT2D eigenvalue weighted by Crippen LogP contribution is -2.38. The highest BCUT2D eigenvalue weighted by atomic mass is 35.5. The first-order valence-electron chi connectivity index (χ1n) is 6.73. The Bertz CT molecular complexity index is 761. The highest BCUT2D eigenvalue weighted by Crippen LogP contribution is 2.39. The molecule has 0 spiro atoms. The maximum absolute atomic E-state index is 12.9. The number of anilines is 1. The zero-order valence-corrected chi connectivity index (χ0v) is 12.5. The SMILES string of the molecule is O=C1COc2ccc(C(F)(F)F)cc2N1Cc1cccc(Cl)c1. The first kappa shape index (κ1) is 15.7. The Balaban J connectivity index is 2.00. The van der Waals surface area contributed by atoms with Gasteiger partial charge in [-0.15, -0.1) is 0 Å². The molecule has 0 saturated heterocycles. The lowest BCUT2D eigenvalue weighted by molar-refractivity contribution is -0.137. The quantitative estimate of drug-likeness (QED) is 0.815. The molecule has 2 aromatic carbocycles. The molecule has 0 saturated carbocycles. The van der Waals surface area contributed by atoms with Crippen molar-refractivity contribution >= 4 is 23.2 Å². The summed E-state index contributed by atoms with van der Waals surface area (Å²) in [7, 11) is 0. The van der Waals surface area contributed by atoms with E-state index in [1.165, 1.54) is 11.0 Å². The van der Waals surface area contributed by atoms with Crippen LogP contribution in [0.4, 0.5) is 18.9 Å². The average Bonchev–Trinajstić information content (AvgIpc) is 2.49. The number of fused-ring (bicyclic) bond motifs is 1. The van der Waals surface area contributed by atoms with Crippen LogP contribution in [-0.2, 0) is 17.5 Å². The van der Waals surface area contributed by atoms with Crippen LogP contribution in [0.15, 0.2) is 42.5 Å². The van der Waals surface area contributed by atoms with E-state index < -0.39 is 17.6 Å². The molecule has 1 heterocycles. The van der Waals surface area contributed by atoms with E-state index in [2.05, 4.69) is 0 Å². The molecule has 3 nitrogen and oxygen atoms in total. The zero-order chi connectivity index (χ0) is 16.6. The van der Waals surface area contributed by atoms with E-state index in [9.17, 15) is 18.0 Å². The van der Waals surface area contributed by atoms with Crippen molar-refractivity contribution < 1.29 is 22.7 Å². The second kappa shape index (κ2) is 5.77. The summed E-state index contributed by atoms with van der Waals surface area (Å²) in [4.78, 5) is 13.4. The lowest BCUT2D eigenvalue weighted by Gasteiger charge is -2.30. The number of rotatable bonds is 2. The highest BCUT2D eigenvalue weighted by molar-refractivity contribution is 6.30. The number of halogens is 4. The van der Waals surface area contributed by atoms with Crippen molar-refractivity contribution in [1.82, 2.24) is 0 Å². The van der Waals surface area contributed by atoms with Crippen LogP contribution in [0.3, 0.4) is 0 Å². The van der Waals surface area contributed by atoms with Gasteiger partial charge in [0.2, 0.25) is 0 Å². The molecule has 0 N–H and O–H groups in total. The predicted molar refractivity (Wildman–Crippen MR) is 79.6 cm³/mol.